The van der Waals surface area contributed by atoms with E-state index in [1.807, 2.05) is 0 Å². The van der Waals surface area contributed by atoms with Crippen LogP contribution < -0.4 is 4.90 Å². The lowest BCUT2D eigenvalue weighted by Crippen LogP contribution is -2.27. The number of amides is 1. The first kappa shape index (κ1) is 12.0. The SMILES string of the molecule is CN(C(=O)CCS)c1ccc(F)cc1F. The van der Waals surface area contributed by atoms with E-state index in [1.54, 1.807) is 0 Å². The molecule has 0 aliphatic heterocycles. The van der Waals surface area contributed by atoms with E-state index in [2.05, 4.69) is 12.6 Å². The molecule has 1 aromatic rings. The molecule has 15 heavy (non-hydrogen) atoms. The van der Waals surface area contributed by atoms with Crippen LogP contribution in [-0.2, 0) is 4.79 Å². The molecular formula is C10H11F2NOS. The van der Waals surface area contributed by atoms with Gasteiger partial charge in [0.05, 0.1) is 5.69 Å². The summed E-state index contributed by atoms with van der Waals surface area (Å²) in [5.41, 5.74) is 0.0724. The molecule has 1 aromatic carbocycles. The standard InChI is InChI=1S/C10H11F2NOS/c1-13(10(14)4-5-15)9-3-2-7(11)6-8(9)12/h2-3,6,15H,4-5H2,1H3. The molecule has 82 valence electrons. The van der Waals surface area contributed by atoms with E-state index in [1.165, 1.54) is 13.1 Å². The minimum absolute atomic E-state index is 0.0724. The monoisotopic (exact) mass is 231 g/mol. The second-order valence-electron chi connectivity index (χ2n) is 3.02. The molecule has 0 heterocycles. The van der Waals surface area contributed by atoms with Gasteiger partial charge in [0.1, 0.15) is 11.6 Å². The van der Waals surface area contributed by atoms with Gasteiger partial charge in [-0.25, -0.2) is 8.78 Å². The van der Waals surface area contributed by atoms with E-state index in [-0.39, 0.29) is 18.0 Å². The van der Waals surface area contributed by atoms with E-state index in [9.17, 15) is 13.6 Å². The van der Waals surface area contributed by atoms with Crippen molar-refractivity contribution >= 4 is 24.2 Å². The van der Waals surface area contributed by atoms with E-state index in [4.69, 9.17) is 0 Å². The van der Waals surface area contributed by atoms with Crippen LogP contribution in [0.2, 0.25) is 0 Å². The van der Waals surface area contributed by atoms with Gasteiger partial charge in [-0.05, 0) is 17.9 Å². The Morgan fingerprint density at radius 1 is 1.47 bits per heavy atom. The summed E-state index contributed by atoms with van der Waals surface area (Å²) in [5, 5.41) is 0. The fourth-order valence-electron chi connectivity index (χ4n) is 1.15. The van der Waals surface area contributed by atoms with Gasteiger partial charge in [0.15, 0.2) is 0 Å². The molecule has 0 unspecified atom stereocenters. The summed E-state index contributed by atoms with van der Waals surface area (Å²) in [6.45, 7) is 0. The average molecular weight is 231 g/mol. The van der Waals surface area contributed by atoms with Crippen LogP contribution in [0.25, 0.3) is 0 Å². The molecule has 1 amide bonds. The van der Waals surface area contributed by atoms with Crippen molar-refractivity contribution in [3.63, 3.8) is 0 Å². The number of nitrogens with zero attached hydrogens (tertiary/aromatic N) is 1. The van der Waals surface area contributed by atoms with Gasteiger partial charge >= 0.3 is 0 Å². The first-order valence-electron chi connectivity index (χ1n) is 4.38. The maximum absolute atomic E-state index is 13.2. The minimum atomic E-state index is -0.745. The fourth-order valence-corrected chi connectivity index (χ4v) is 1.34. The van der Waals surface area contributed by atoms with Crippen LogP contribution in [-0.4, -0.2) is 18.7 Å². The van der Waals surface area contributed by atoms with Gasteiger partial charge in [-0.3, -0.25) is 4.79 Å². The topological polar surface area (TPSA) is 20.3 Å². The summed E-state index contributed by atoms with van der Waals surface area (Å²) in [7, 11) is 1.45. The molecule has 5 heteroatoms. The zero-order chi connectivity index (χ0) is 11.4. The Labute approximate surface area is 92.3 Å². The average Bonchev–Trinajstić information content (AvgIpc) is 2.17. The fraction of sp³-hybridized carbons (Fsp3) is 0.300. The number of thiol groups is 1. The number of hydrogen-bond donors (Lipinski definition) is 1. The van der Waals surface area contributed by atoms with Gasteiger partial charge in [0, 0.05) is 19.5 Å². The molecule has 0 radical (unpaired) electrons. The Bertz CT molecular complexity index is 370. The molecule has 0 atom stereocenters. The molecule has 0 aliphatic carbocycles. The summed E-state index contributed by atoms with van der Waals surface area (Å²) in [4.78, 5) is 12.6. The van der Waals surface area contributed by atoms with Crippen molar-refractivity contribution < 1.29 is 13.6 Å². The van der Waals surface area contributed by atoms with E-state index in [0.717, 1.165) is 17.0 Å². The number of hydrogen-bond acceptors (Lipinski definition) is 2. The van der Waals surface area contributed by atoms with Gasteiger partial charge in [-0.15, -0.1) is 0 Å². The molecule has 0 N–H and O–H groups in total. The Morgan fingerprint density at radius 2 is 2.13 bits per heavy atom. The van der Waals surface area contributed by atoms with Gasteiger partial charge in [0.2, 0.25) is 5.91 Å². The highest BCUT2D eigenvalue weighted by molar-refractivity contribution is 7.80. The van der Waals surface area contributed by atoms with Crippen LogP contribution in [0, 0.1) is 11.6 Å². The number of halogens is 2. The summed E-state index contributed by atoms with van der Waals surface area (Å²) in [6, 6.07) is 3.10. The molecule has 1 rings (SSSR count). The van der Waals surface area contributed by atoms with E-state index in [0.29, 0.717) is 5.75 Å². The third-order valence-corrected chi connectivity index (χ3v) is 2.19. The second-order valence-corrected chi connectivity index (χ2v) is 3.47. The van der Waals surface area contributed by atoms with Crippen molar-refractivity contribution in [3.8, 4) is 0 Å². The highest BCUT2D eigenvalue weighted by atomic mass is 32.1. The zero-order valence-corrected chi connectivity index (χ0v) is 9.10. The molecule has 0 saturated carbocycles. The predicted molar refractivity (Wildman–Crippen MR) is 58.2 cm³/mol. The number of rotatable bonds is 3. The van der Waals surface area contributed by atoms with E-state index < -0.39 is 11.6 Å². The largest absolute Gasteiger partial charge is 0.313 e. The first-order chi connectivity index (χ1) is 7.06. The van der Waals surface area contributed by atoms with Gasteiger partial charge < -0.3 is 4.90 Å². The molecular weight excluding hydrogens is 220 g/mol. The van der Waals surface area contributed by atoms with Gasteiger partial charge in [-0.1, -0.05) is 0 Å². The third kappa shape index (κ3) is 2.92. The van der Waals surface area contributed by atoms with Gasteiger partial charge in [-0.2, -0.15) is 12.6 Å². The maximum Gasteiger partial charge on any atom is 0.227 e. The molecule has 0 saturated heterocycles. The molecule has 0 bridgehead atoms. The van der Waals surface area contributed by atoms with Crippen LogP contribution in [0.4, 0.5) is 14.5 Å². The van der Waals surface area contributed by atoms with Crippen LogP contribution >= 0.6 is 12.6 Å². The Kier molecular flexibility index (Phi) is 4.08. The Morgan fingerprint density at radius 3 is 2.67 bits per heavy atom. The smallest absolute Gasteiger partial charge is 0.227 e. The predicted octanol–water partition coefficient (Wildman–Crippen LogP) is 2.25. The van der Waals surface area contributed by atoms with Crippen molar-refractivity contribution in [2.24, 2.45) is 0 Å². The van der Waals surface area contributed by atoms with Crippen molar-refractivity contribution in [2.45, 2.75) is 6.42 Å². The number of carbonyl (C=O) groups is 1. The van der Waals surface area contributed by atoms with E-state index >= 15 is 0 Å². The van der Waals surface area contributed by atoms with Crippen LogP contribution in [0.3, 0.4) is 0 Å². The Hall–Kier alpha value is -1.10. The minimum Gasteiger partial charge on any atom is -0.313 e. The van der Waals surface area contributed by atoms with Crippen molar-refractivity contribution in [3.05, 3.63) is 29.8 Å². The summed E-state index contributed by atoms with van der Waals surface area (Å²) in [6.07, 6.45) is 0.219. The van der Waals surface area contributed by atoms with Gasteiger partial charge in [0.25, 0.3) is 0 Å². The quantitative estimate of drug-likeness (QED) is 0.791. The van der Waals surface area contributed by atoms with Crippen LogP contribution in [0.1, 0.15) is 6.42 Å². The van der Waals surface area contributed by atoms with Crippen molar-refractivity contribution in [1.82, 2.24) is 0 Å². The lowest BCUT2D eigenvalue weighted by atomic mass is 10.2. The molecule has 0 spiro atoms. The summed E-state index contributed by atoms with van der Waals surface area (Å²) in [5.74, 6) is -1.27. The third-order valence-electron chi connectivity index (χ3n) is 1.97. The lowest BCUT2D eigenvalue weighted by molar-refractivity contribution is -0.117. The number of anilines is 1. The van der Waals surface area contributed by atoms with Crippen LogP contribution in [0.15, 0.2) is 18.2 Å². The zero-order valence-electron chi connectivity index (χ0n) is 8.20. The normalized spacial score (nSPS) is 10.1. The molecule has 2 nitrogen and oxygen atoms in total. The van der Waals surface area contributed by atoms with Crippen LogP contribution in [0.5, 0.6) is 0 Å². The lowest BCUT2D eigenvalue weighted by Gasteiger charge is -2.17. The highest BCUT2D eigenvalue weighted by Gasteiger charge is 2.14. The molecule has 0 fully saturated rings. The molecule has 0 aliphatic rings. The first-order valence-corrected chi connectivity index (χ1v) is 5.02. The highest BCUT2D eigenvalue weighted by Crippen LogP contribution is 2.19. The molecule has 0 aromatic heterocycles. The Balaban J connectivity index is 2.91. The summed E-state index contributed by atoms with van der Waals surface area (Å²) < 4.78 is 25.9. The number of carbonyl (C=O) groups excluding carboxylic acids is 1. The second kappa shape index (κ2) is 5.11. The number of benzene rings is 1. The van der Waals surface area contributed by atoms with Crippen molar-refractivity contribution in [2.75, 3.05) is 17.7 Å². The summed E-state index contributed by atoms with van der Waals surface area (Å²) >= 11 is 3.91. The van der Waals surface area contributed by atoms with Crippen molar-refractivity contribution in [1.29, 1.82) is 0 Å². The maximum atomic E-state index is 13.2.